The van der Waals surface area contributed by atoms with Gasteiger partial charge in [-0.2, -0.15) is 0 Å². The van der Waals surface area contributed by atoms with E-state index in [1.165, 1.54) is 0 Å². The number of allylic oxidation sites excluding steroid dienone is 1. The van der Waals surface area contributed by atoms with Crippen LogP contribution in [0.5, 0.6) is 0 Å². The van der Waals surface area contributed by atoms with Gasteiger partial charge in [0.15, 0.2) is 0 Å². The van der Waals surface area contributed by atoms with Gasteiger partial charge in [-0.25, -0.2) is 0 Å². The first kappa shape index (κ1) is 4.94. The van der Waals surface area contributed by atoms with Crippen molar-refractivity contribution in [2.75, 3.05) is 0 Å². The Labute approximate surface area is 41.5 Å². The number of hydrogen-bond acceptors (Lipinski definition) is 1. The third-order valence-electron chi connectivity index (χ3n) is 0.344. The zero-order chi connectivity index (χ0) is 2.83. The van der Waals surface area contributed by atoms with E-state index >= 15 is 0 Å². The molecule has 1 rings (SSSR count). The summed E-state index contributed by atoms with van der Waals surface area (Å²) in [5.74, 6) is 0. The van der Waals surface area contributed by atoms with Crippen LogP contribution in [0.1, 0.15) is 0 Å². The first-order valence-electron chi connectivity index (χ1n) is 1.18. The Morgan fingerprint density at radius 1 is 1.40 bits per heavy atom. The minimum atomic E-state index is 0. The summed E-state index contributed by atoms with van der Waals surface area (Å²) >= 11 is 0. The summed E-state index contributed by atoms with van der Waals surface area (Å²) in [6.07, 6.45) is 5.39. The molecule has 23 valence electrons. The Bertz CT molecular complexity index is 47.3. The van der Waals surface area contributed by atoms with Gasteiger partial charge in [-0.3, -0.25) is 4.99 Å². The topological polar surface area (TPSA) is 12.4 Å². The van der Waals surface area contributed by atoms with Crippen LogP contribution in [0.15, 0.2) is 17.3 Å². The average Bonchev–Trinajstić information content (AvgIpc) is 0.722. The highest BCUT2D eigenvalue weighted by atomic mass is 27.0. The molecule has 0 aromatic rings. The molecule has 0 saturated heterocycles. The fraction of sp³-hybridized carbons (Fsp3) is 0. The van der Waals surface area contributed by atoms with Crippen molar-refractivity contribution in [3.63, 3.8) is 0 Å². The Morgan fingerprint density at radius 3 is 1.60 bits per heavy atom. The van der Waals surface area contributed by atoms with Crippen molar-refractivity contribution in [2.45, 2.75) is 0 Å². The predicted octanol–water partition coefficient (Wildman–Crippen LogP) is 0.204. The average molecular weight is 80.0 g/mol. The minimum absolute atomic E-state index is 0. The van der Waals surface area contributed by atoms with Crippen LogP contribution in [0.25, 0.3) is 0 Å². The Morgan fingerprint density at radius 2 is 1.60 bits per heavy atom. The van der Waals surface area contributed by atoms with Gasteiger partial charge in [0.05, 0.1) is 0 Å². The molecule has 0 atom stereocenters. The fourth-order valence-corrected chi connectivity index (χ4v) is 0.0861. The second-order valence-corrected chi connectivity index (χ2v) is 0.640. The molecule has 0 N–H and O–H groups in total. The van der Waals surface area contributed by atoms with Crippen LogP contribution in [-0.4, -0.2) is 23.6 Å². The number of aliphatic imine (C=N–C) groups is 1. The van der Waals surface area contributed by atoms with Gasteiger partial charge in [0.2, 0.25) is 0 Å². The van der Waals surface area contributed by atoms with Crippen molar-refractivity contribution in [1.82, 2.24) is 0 Å². The number of rotatable bonds is 0. The van der Waals surface area contributed by atoms with E-state index in [4.69, 9.17) is 0 Å². The largest absolute Gasteiger partial charge is 0.265 e. The molecule has 0 saturated carbocycles. The molecule has 0 unspecified atom stereocenters. The van der Waals surface area contributed by atoms with Gasteiger partial charge in [0.25, 0.3) is 0 Å². The number of hydrogen-bond donors (Lipinski definition) is 0. The third-order valence-corrected chi connectivity index (χ3v) is 0.344. The molecule has 1 aliphatic rings. The molecule has 5 heavy (non-hydrogen) atoms. The summed E-state index contributed by atoms with van der Waals surface area (Å²) in [7, 11) is 0. The Balaban J connectivity index is 0.000000160. The van der Waals surface area contributed by atoms with E-state index in [0.29, 0.717) is 0 Å². The van der Waals surface area contributed by atoms with Crippen molar-refractivity contribution in [3.05, 3.63) is 12.3 Å². The van der Waals surface area contributed by atoms with Crippen molar-refractivity contribution in [3.8, 4) is 0 Å². The van der Waals surface area contributed by atoms with Crippen LogP contribution in [-0.2, 0) is 0 Å². The molecule has 1 heterocycles. The maximum Gasteiger partial charge on any atom is 0.0283 e. The van der Waals surface area contributed by atoms with Crippen LogP contribution < -0.4 is 0 Å². The van der Waals surface area contributed by atoms with Crippen molar-refractivity contribution in [1.29, 1.82) is 0 Å². The summed E-state index contributed by atoms with van der Waals surface area (Å²) in [4.78, 5) is 3.61. The second kappa shape index (κ2) is 2.20. The molecule has 0 aromatic heterocycles. The van der Waals surface area contributed by atoms with Gasteiger partial charge >= 0.3 is 0 Å². The van der Waals surface area contributed by atoms with Gasteiger partial charge in [0.1, 0.15) is 0 Å². The molecule has 0 amide bonds. The zero-order valence-corrected chi connectivity index (χ0v) is 3.91. The first-order chi connectivity index (χ1) is 2.00. The van der Waals surface area contributed by atoms with E-state index < -0.39 is 0 Å². The van der Waals surface area contributed by atoms with E-state index in [1.807, 2.05) is 6.08 Å². The number of nitrogens with zero attached hydrogens (tertiary/aromatic N) is 1. The molecule has 0 aliphatic carbocycles. The van der Waals surface area contributed by atoms with E-state index in [2.05, 4.69) is 4.99 Å². The van der Waals surface area contributed by atoms with Crippen LogP contribution in [0, 0.1) is 0 Å². The first-order valence-corrected chi connectivity index (χ1v) is 1.18. The molecule has 3 radical (unpaired) electrons. The maximum atomic E-state index is 3.61. The van der Waals surface area contributed by atoms with Crippen LogP contribution in [0.2, 0.25) is 0 Å². The van der Waals surface area contributed by atoms with Gasteiger partial charge < -0.3 is 0 Å². The molecule has 2 heteroatoms. The van der Waals surface area contributed by atoms with E-state index in [-0.39, 0.29) is 17.4 Å². The van der Waals surface area contributed by atoms with Crippen LogP contribution in [0.4, 0.5) is 0 Å². The minimum Gasteiger partial charge on any atom is -0.265 e. The van der Waals surface area contributed by atoms with Crippen molar-refractivity contribution in [2.24, 2.45) is 4.99 Å². The van der Waals surface area contributed by atoms with Crippen molar-refractivity contribution < 1.29 is 0 Å². The van der Waals surface area contributed by atoms with Crippen molar-refractivity contribution >= 4 is 23.6 Å². The lowest BCUT2D eigenvalue weighted by Gasteiger charge is -1.77. The summed E-state index contributed by atoms with van der Waals surface area (Å²) in [5, 5.41) is 0. The standard InChI is InChI=1S/C3H3N.Al/c1-2-4-3-1;/h1-3H;. The highest BCUT2D eigenvalue weighted by molar-refractivity contribution is 5.76. The van der Waals surface area contributed by atoms with Gasteiger partial charge in [-0.1, -0.05) is 0 Å². The normalized spacial score (nSPS) is 12.8. The monoisotopic (exact) mass is 80.0 g/mol. The summed E-state index contributed by atoms with van der Waals surface area (Å²) in [6, 6.07) is 0. The van der Waals surface area contributed by atoms with E-state index in [1.54, 1.807) is 12.4 Å². The second-order valence-electron chi connectivity index (χ2n) is 0.640. The highest BCUT2D eigenvalue weighted by Gasteiger charge is 1.66. The molecule has 1 nitrogen and oxygen atoms in total. The predicted molar refractivity (Wildman–Crippen MR) is 23.4 cm³/mol. The summed E-state index contributed by atoms with van der Waals surface area (Å²) < 4.78 is 0. The highest BCUT2D eigenvalue weighted by Crippen LogP contribution is 1.78. The molecular weight excluding hydrogens is 77.0 g/mol. The molecular formula is C3H3AlN. The van der Waals surface area contributed by atoms with Crippen LogP contribution >= 0.6 is 0 Å². The molecule has 0 spiro atoms. The summed E-state index contributed by atoms with van der Waals surface area (Å²) in [5.41, 5.74) is 0. The van der Waals surface area contributed by atoms with Gasteiger partial charge in [0, 0.05) is 29.8 Å². The lowest BCUT2D eigenvalue weighted by atomic mass is 10.6. The molecule has 0 bridgehead atoms. The van der Waals surface area contributed by atoms with Gasteiger partial charge in [-0.15, -0.1) is 0 Å². The zero-order valence-electron chi connectivity index (χ0n) is 2.76. The van der Waals surface area contributed by atoms with E-state index in [9.17, 15) is 0 Å². The maximum absolute atomic E-state index is 3.61. The Hall–Kier alpha value is -0.0575. The SMILES string of the molecule is C1=CN=C1.[Al]. The lowest BCUT2D eigenvalue weighted by molar-refractivity contribution is 1.55. The molecule has 1 aliphatic heterocycles. The van der Waals surface area contributed by atoms with Gasteiger partial charge in [-0.05, 0) is 6.08 Å². The van der Waals surface area contributed by atoms with E-state index in [0.717, 1.165) is 0 Å². The summed E-state index contributed by atoms with van der Waals surface area (Å²) in [6.45, 7) is 0. The molecule has 0 fully saturated rings. The lowest BCUT2D eigenvalue weighted by Crippen LogP contribution is -1.67. The molecule has 0 aromatic carbocycles. The Kier molecular flexibility index (Phi) is 2.17. The smallest absolute Gasteiger partial charge is 0.0283 e. The quantitative estimate of drug-likeness (QED) is 0.369. The third kappa shape index (κ3) is 0.957. The fourth-order valence-electron chi connectivity index (χ4n) is 0.0861. The van der Waals surface area contributed by atoms with Crippen LogP contribution in [0.3, 0.4) is 0 Å².